The molecule has 0 spiro atoms. The SMILES string of the molecule is CC(=O)SCC(=O)N(CC1CCCO1)c1nc2ccc(Br)cc2s1. The molecule has 0 N–H and O–H groups in total. The summed E-state index contributed by atoms with van der Waals surface area (Å²) in [6.45, 7) is 2.69. The Kier molecular flexibility index (Phi) is 5.91. The third-order valence-corrected chi connectivity index (χ3v) is 6.01. The first kappa shape index (κ1) is 17.8. The van der Waals surface area contributed by atoms with Crippen molar-refractivity contribution in [2.45, 2.75) is 25.9 Å². The first-order valence-electron chi connectivity index (χ1n) is 7.64. The maximum Gasteiger partial charge on any atom is 0.239 e. The summed E-state index contributed by atoms with van der Waals surface area (Å²) in [4.78, 5) is 30.1. The molecule has 1 unspecified atom stereocenters. The number of thioether (sulfide) groups is 1. The normalized spacial score (nSPS) is 17.3. The summed E-state index contributed by atoms with van der Waals surface area (Å²) in [6.07, 6.45) is 2.00. The molecule has 1 amide bonds. The van der Waals surface area contributed by atoms with Crippen LogP contribution in [0.25, 0.3) is 10.2 Å². The summed E-state index contributed by atoms with van der Waals surface area (Å²) in [6, 6.07) is 5.86. The molecule has 2 heterocycles. The van der Waals surface area contributed by atoms with Crippen LogP contribution in [0.15, 0.2) is 22.7 Å². The van der Waals surface area contributed by atoms with Crippen LogP contribution in [0.1, 0.15) is 19.8 Å². The van der Waals surface area contributed by atoms with E-state index in [0.717, 1.165) is 45.9 Å². The summed E-state index contributed by atoms with van der Waals surface area (Å²) in [7, 11) is 0. The third-order valence-electron chi connectivity index (χ3n) is 3.68. The van der Waals surface area contributed by atoms with Crippen molar-refractivity contribution >= 4 is 65.4 Å². The van der Waals surface area contributed by atoms with Gasteiger partial charge in [-0.1, -0.05) is 39.0 Å². The molecule has 1 fully saturated rings. The van der Waals surface area contributed by atoms with Crippen molar-refractivity contribution in [1.82, 2.24) is 4.98 Å². The molecule has 1 aromatic heterocycles. The molecule has 1 saturated heterocycles. The molecule has 1 atom stereocenters. The number of fused-ring (bicyclic) bond motifs is 1. The lowest BCUT2D eigenvalue weighted by Crippen LogP contribution is -2.38. The number of benzene rings is 1. The number of anilines is 1. The molecule has 5 nitrogen and oxygen atoms in total. The van der Waals surface area contributed by atoms with Gasteiger partial charge in [-0.05, 0) is 31.0 Å². The molecule has 0 bridgehead atoms. The number of carbonyl (C=O) groups is 2. The Morgan fingerprint density at radius 2 is 2.33 bits per heavy atom. The number of halogens is 1. The van der Waals surface area contributed by atoms with Gasteiger partial charge < -0.3 is 4.74 Å². The van der Waals surface area contributed by atoms with Crippen molar-refractivity contribution < 1.29 is 14.3 Å². The molecule has 128 valence electrons. The molecule has 8 heteroatoms. The average molecular weight is 429 g/mol. The molecular formula is C16H17BrN2O3S2. The highest BCUT2D eigenvalue weighted by molar-refractivity contribution is 9.10. The summed E-state index contributed by atoms with van der Waals surface area (Å²) in [5.74, 6) is 0.0191. The van der Waals surface area contributed by atoms with Crippen molar-refractivity contribution in [3.05, 3.63) is 22.7 Å². The molecule has 3 rings (SSSR count). The smallest absolute Gasteiger partial charge is 0.239 e. The molecule has 1 aromatic carbocycles. The van der Waals surface area contributed by atoms with Gasteiger partial charge in [-0.2, -0.15) is 0 Å². The van der Waals surface area contributed by atoms with Gasteiger partial charge in [0.1, 0.15) is 0 Å². The predicted molar refractivity (Wildman–Crippen MR) is 102 cm³/mol. The maximum absolute atomic E-state index is 12.6. The van der Waals surface area contributed by atoms with E-state index in [9.17, 15) is 9.59 Å². The number of ether oxygens (including phenoxy) is 1. The van der Waals surface area contributed by atoms with E-state index in [4.69, 9.17) is 4.74 Å². The van der Waals surface area contributed by atoms with E-state index in [1.165, 1.54) is 18.3 Å². The van der Waals surface area contributed by atoms with E-state index in [1.807, 2.05) is 18.2 Å². The van der Waals surface area contributed by atoms with Crippen molar-refractivity contribution in [3.63, 3.8) is 0 Å². The highest BCUT2D eigenvalue weighted by Gasteiger charge is 2.26. The van der Waals surface area contributed by atoms with E-state index >= 15 is 0 Å². The van der Waals surface area contributed by atoms with Gasteiger partial charge in [0.15, 0.2) is 10.2 Å². The average Bonchev–Trinajstić information content (AvgIpc) is 3.18. The number of nitrogens with zero attached hydrogens (tertiary/aromatic N) is 2. The quantitative estimate of drug-likeness (QED) is 0.723. The summed E-state index contributed by atoms with van der Waals surface area (Å²) < 4.78 is 7.67. The minimum absolute atomic E-state index is 0.0371. The minimum Gasteiger partial charge on any atom is -0.376 e. The van der Waals surface area contributed by atoms with Crippen molar-refractivity contribution in [1.29, 1.82) is 0 Å². The van der Waals surface area contributed by atoms with Crippen LogP contribution in [-0.4, -0.2) is 41.0 Å². The van der Waals surface area contributed by atoms with Crippen LogP contribution < -0.4 is 4.90 Å². The van der Waals surface area contributed by atoms with E-state index in [-0.39, 0.29) is 22.9 Å². The standard InChI is InChI=1S/C16H17BrN2O3S2/c1-10(20)23-9-15(21)19(8-12-3-2-6-22-12)16-18-13-5-4-11(17)7-14(13)24-16/h4-5,7,12H,2-3,6,8-9H2,1H3. The lowest BCUT2D eigenvalue weighted by atomic mass is 10.2. The van der Waals surface area contributed by atoms with Gasteiger partial charge in [0.2, 0.25) is 5.91 Å². The zero-order chi connectivity index (χ0) is 17.1. The second-order valence-corrected chi connectivity index (χ2v) is 8.61. The number of aromatic nitrogens is 1. The first-order valence-corrected chi connectivity index (χ1v) is 10.2. The first-order chi connectivity index (χ1) is 11.5. The van der Waals surface area contributed by atoms with Crippen molar-refractivity contribution in [2.75, 3.05) is 23.8 Å². The fraction of sp³-hybridized carbons (Fsp3) is 0.438. The Labute approximate surface area is 156 Å². The molecule has 1 aliphatic rings. The summed E-state index contributed by atoms with van der Waals surface area (Å²) in [5.41, 5.74) is 0.863. The van der Waals surface area contributed by atoms with E-state index < -0.39 is 0 Å². The summed E-state index contributed by atoms with van der Waals surface area (Å²) >= 11 is 5.96. The number of rotatable bonds is 5. The molecule has 1 aliphatic heterocycles. The Hall–Kier alpha value is -0.960. The molecule has 0 saturated carbocycles. The zero-order valence-electron chi connectivity index (χ0n) is 13.2. The maximum atomic E-state index is 12.6. The number of hydrogen-bond acceptors (Lipinski definition) is 6. The van der Waals surface area contributed by atoms with Gasteiger partial charge >= 0.3 is 0 Å². The molecular weight excluding hydrogens is 412 g/mol. The monoisotopic (exact) mass is 428 g/mol. The van der Waals surface area contributed by atoms with Crippen LogP contribution in [0.3, 0.4) is 0 Å². The highest BCUT2D eigenvalue weighted by Crippen LogP contribution is 2.32. The third kappa shape index (κ3) is 4.36. The number of carbonyl (C=O) groups excluding carboxylic acids is 2. The molecule has 0 aliphatic carbocycles. The fourth-order valence-corrected chi connectivity index (χ4v) is 4.55. The molecule has 24 heavy (non-hydrogen) atoms. The Bertz CT molecular complexity index is 759. The zero-order valence-corrected chi connectivity index (χ0v) is 16.4. The lowest BCUT2D eigenvalue weighted by Gasteiger charge is -2.22. The largest absolute Gasteiger partial charge is 0.376 e. The van der Waals surface area contributed by atoms with Crippen molar-refractivity contribution in [2.24, 2.45) is 0 Å². The van der Waals surface area contributed by atoms with Gasteiger partial charge in [0.25, 0.3) is 0 Å². The summed E-state index contributed by atoms with van der Waals surface area (Å²) in [5, 5.41) is 0.599. The van der Waals surface area contributed by atoms with Crippen LogP contribution in [0.5, 0.6) is 0 Å². The van der Waals surface area contributed by atoms with Crippen molar-refractivity contribution in [3.8, 4) is 0 Å². The fourth-order valence-electron chi connectivity index (χ4n) is 2.52. The Morgan fingerprint density at radius 1 is 1.50 bits per heavy atom. The predicted octanol–water partition coefficient (Wildman–Crippen LogP) is 3.85. The van der Waals surface area contributed by atoms with Gasteiger partial charge in [-0.3, -0.25) is 14.5 Å². The van der Waals surface area contributed by atoms with Gasteiger partial charge in [-0.25, -0.2) is 4.98 Å². The lowest BCUT2D eigenvalue weighted by molar-refractivity contribution is -0.117. The van der Waals surface area contributed by atoms with Gasteiger partial charge in [0.05, 0.1) is 28.6 Å². The van der Waals surface area contributed by atoms with Crippen LogP contribution in [0, 0.1) is 0 Å². The number of hydrogen-bond donors (Lipinski definition) is 0. The van der Waals surface area contributed by atoms with Crippen LogP contribution in [0.2, 0.25) is 0 Å². The van der Waals surface area contributed by atoms with E-state index in [1.54, 1.807) is 4.90 Å². The molecule has 0 radical (unpaired) electrons. The molecule has 2 aromatic rings. The Balaban J connectivity index is 1.85. The van der Waals surface area contributed by atoms with Crippen LogP contribution in [0.4, 0.5) is 5.13 Å². The second kappa shape index (κ2) is 7.95. The number of amides is 1. The van der Waals surface area contributed by atoms with Gasteiger partial charge in [-0.15, -0.1) is 0 Å². The minimum atomic E-state index is -0.108. The topological polar surface area (TPSA) is 59.5 Å². The Morgan fingerprint density at radius 3 is 3.04 bits per heavy atom. The van der Waals surface area contributed by atoms with Crippen LogP contribution >= 0.6 is 39.0 Å². The highest BCUT2D eigenvalue weighted by atomic mass is 79.9. The van der Waals surface area contributed by atoms with Crippen LogP contribution in [-0.2, 0) is 14.3 Å². The second-order valence-electron chi connectivity index (χ2n) is 5.53. The number of thiazole rings is 1. The van der Waals surface area contributed by atoms with Gasteiger partial charge in [0, 0.05) is 18.0 Å². The van der Waals surface area contributed by atoms with E-state index in [2.05, 4.69) is 20.9 Å². The van der Waals surface area contributed by atoms with E-state index in [0.29, 0.717) is 11.7 Å².